The molecule has 0 atom stereocenters. The van der Waals surface area contributed by atoms with Gasteiger partial charge in [-0.05, 0) is 13.3 Å². The summed E-state index contributed by atoms with van der Waals surface area (Å²) in [6.45, 7) is 3.73. The number of carboxylic acids is 1. The van der Waals surface area contributed by atoms with Crippen LogP contribution in [0.15, 0.2) is 4.42 Å². The zero-order valence-corrected chi connectivity index (χ0v) is 10.9. The fourth-order valence-electron chi connectivity index (χ4n) is 1.86. The van der Waals surface area contributed by atoms with E-state index in [0.29, 0.717) is 23.5 Å². The van der Waals surface area contributed by atoms with E-state index in [-0.39, 0.29) is 24.4 Å². The number of esters is 1. The van der Waals surface area contributed by atoms with Crippen molar-refractivity contribution in [3.05, 3.63) is 22.6 Å². The first-order chi connectivity index (χ1) is 8.51. The lowest BCUT2D eigenvalue weighted by molar-refractivity contribution is -0.140. The maximum absolute atomic E-state index is 11.2. The lowest BCUT2D eigenvalue weighted by atomic mass is 10.1. The number of furan rings is 1. The highest BCUT2D eigenvalue weighted by Crippen LogP contribution is 2.24. The Labute approximate surface area is 106 Å². The maximum Gasteiger partial charge on any atom is 0.339 e. The molecule has 5 nitrogen and oxygen atoms in total. The second kappa shape index (κ2) is 6.23. The van der Waals surface area contributed by atoms with Gasteiger partial charge in [0.05, 0.1) is 13.5 Å². The monoisotopic (exact) mass is 254 g/mol. The summed E-state index contributed by atoms with van der Waals surface area (Å²) < 4.78 is 10.1. The van der Waals surface area contributed by atoms with E-state index in [9.17, 15) is 14.7 Å². The van der Waals surface area contributed by atoms with Gasteiger partial charge in [-0.3, -0.25) is 4.79 Å². The van der Waals surface area contributed by atoms with Crippen molar-refractivity contribution in [2.75, 3.05) is 7.11 Å². The van der Waals surface area contributed by atoms with Crippen molar-refractivity contribution in [2.45, 2.75) is 39.5 Å². The van der Waals surface area contributed by atoms with E-state index >= 15 is 0 Å². The Morgan fingerprint density at radius 1 is 1.28 bits per heavy atom. The SMILES string of the molecule is CCCc1oc(CCC(=O)OC)c(C(=O)O)c1C. The van der Waals surface area contributed by atoms with Crippen molar-refractivity contribution in [1.82, 2.24) is 0 Å². The van der Waals surface area contributed by atoms with Gasteiger partial charge in [0.2, 0.25) is 0 Å². The number of carbonyl (C=O) groups excluding carboxylic acids is 1. The number of aryl methyl sites for hydroxylation is 2. The molecule has 0 unspecified atom stereocenters. The Balaban J connectivity index is 2.98. The van der Waals surface area contributed by atoms with Crippen LogP contribution >= 0.6 is 0 Å². The van der Waals surface area contributed by atoms with Gasteiger partial charge in [-0.2, -0.15) is 0 Å². The molecule has 0 saturated heterocycles. The maximum atomic E-state index is 11.2. The predicted octanol–water partition coefficient (Wildman–Crippen LogP) is 2.34. The average Bonchev–Trinajstić information content (AvgIpc) is 2.63. The smallest absolute Gasteiger partial charge is 0.339 e. The van der Waals surface area contributed by atoms with Crippen molar-refractivity contribution in [3.63, 3.8) is 0 Å². The highest BCUT2D eigenvalue weighted by atomic mass is 16.5. The first kappa shape index (κ1) is 14.3. The molecule has 1 heterocycles. The van der Waals surface area contributed by atoms with E-state index in [2.05, 4.69) is 4.74 Å². The fraction of sp³-hybridized carbons (Fsp3) is 0.538. The van der Waals surface area contributed by atoms with Crippen molar-refractivity contribution in [3.8, 4) is 0 Å². The third-order valence-corrected chi connectivity index (χ3v) is 2.79. The van der Waals surface area contributed by atoms with Crippen LogP contribution in [-0.2, 0) is 22.4 Å². The van der Waals surface area contributed by atoms with Crippen LogP contribution in [0.1, 0.15) is 47.2 Å². The number of aromatic carboxylic acids is 1. The molecule has 1 aromatic heterocycles. The molecule has 0 aliphatic rings. The summed E-state index contributed by atoms with van der Waals surface area (Å²) in [7, 11) is 1.30. The quantitative estimate of drug-likeness (QED) is 0.788. The molecule has 0 radical (unpaired) electrons. The van der Waals surface area contributed by atoms with Crippen LogP contribution in [0, 0.1) is 6.92 Å². The zero-order valence-electron chi connectivity index (χ0n) is 10.9. The van der Waals surface area contributed by atoms with Gasteiger partial charge >= 0.3 is 11.9 Å². The molecule has 0 amide bonds. The van der Waals surface area contributed by atoms with E-state index in [4.69, 9.17) is 4.42 Å². The van der Waals surface area contributed by atoms with Gasteiger partial charge in [0.15, 0.2) is 0 Å². The summed E-state index contributed by atoms with van der Waals surface area (Å²) in [4.78, 5) is 22.3. The number of carbonyl (C=O) groups is 2. The highest BCUT2D eigenvalue weighted by Gasteiger charge is 2.22. The Morgan fingerprint density at radius 3 is 2.44 bits per heavy atom. The minimum Gasteiger partial charge on any atom is -0.478 e. The van der Waals surface area contributed by atoms with E-state index in [1.807, 2.05) is 6.92 Å². The van der Waals surface area contributed by atoms with Gasteiger partial charge < -0.3 is 14.3 Å². The Kier molecular flexibility index (Phi) is 4.95. The molecule has 1 aromatic rings. The van der Waals surface area contributed by atoms with Gasteiger partial charge in [-0.15, -0.1) is 0 Å². The molecule has 1 N–H and O–H groups in total. The van der Waals surface area contributed by atoms with Crippen molar-refractivity contribution in [1.29, 1.82) is 0 Å². The summed E-state index contributed by atoms with van der Waals surface area (Å²) in [5, 5.41) is 9.17. The molecule has 0 aliphatic carbocycles. The van der Waals surface area contributed by atoms with Gasteiger partial charge in [-0.25, -0.2) is 4.79 Å². The van der Waals surface area contributed by atoms with Crippen LogP contribution in [0.4, 0.5) is 0 Å². The van der Waals surface area contributed by atoms with E-state index in [1.165, 1.54) is 7.11 Å². The molecule has 0 saturated carbocycles. The molecule has 0 aliphatic heterocycles. The van der Waals surface area contributed by atoms with E-state index in [0.717, 1.165) is 6.42 Å². The van der Waals surface area contributed by atoms with Gasteiger partial charge in [0.25, 0.3) is 0 Å². The lowest BCUT2D eigenvalue weighted by Gasteiger charge is -1.99. The normalized spacial score (nSPS) is 10.4. The van der Waals surface area contributed by atoms with Crippen LogP contribution in [0.5, 0.6) is 0 Å². The van der Waals surface area contributed by atoms with Crippen molar-refractivity contribution < 1.29 is 23.8 Å². The Hall–Kier alpha value is -1.78. The average molecular weight is 254 g/mol. The first-order valence-electron chi connectivity index (χ1n) is 5.92. The predicted molar refractivity (Wildman–Crippen MR) is 64.7 cm³/mol. The summed E-state index contributed by atoms with van der Waals surface area (Å²) in [6.07, 6.45) is 1.95. The molecule has 100 valence electrons. The number of methoxy groups -OCH3 is 1. The summed E-state index contributed by atoms with van der Waals surface area (Å²) in [5.74, 6) is -0.348. The Bertz CT molecular complexity index is 444. The van der Waals surface area contributed by atoms with Crippen LogP contribution < -0.4 is 0 Å². The number of ether oxygens (including phenoxy) is 1. The number of rotatable bonds is 6. The van der Waals surface area contributed by atoms with Gasteiger partial charge in [0.1, 0.15) is 17.1 Å². The number of carboxylic acid groups (broad SMARTS) is 1. The third-order valence-electron chi connectivity index (χ3n) is 2.79. The molecular formula is C13H18O5. The minimum absolute atomic E-state index is 0.120. The second-order valence-electron chi connectivity index (χ2n) is 4.08. The molecule has 0 fully saturated rings. The van der Waals surface area contributed by atoms with Crippen LogP contribution in [0.25, 0.3) is 0 Å². The summed E-state index contributed by atoms with van der Waals surface area (Å²) in [6, 6.07) is 0. The topological polar surface area (TPSA) is 76.7 Å². The number of hydrogen-bond donors (Lipinski definition) is 1. The van der Waals surface area contributed by atoms with Gasteiger partial charge in [-0.1, -0.05) is 6.92 Å². The molecule has 1 rings (SSSR count). The van der Waals surface area contributed by atoms with E-state index in [1.54, 1.807) is 6.92 Å². The zero-order chi connectivity index (χ0) is 13.7. The third kappa shape index (κ3) is 3.12. The molecule has 0 spiro atoms. The fourth-order valence-corrected chi connectivity index (χ4v) is 1.86. The summed E-state index contributed by atoms with van der Waals surface area (Å²) in [5.41, 5.74) is 0.839. The minimum atomic E-state index is -1.02. The standard InChI is InChI=1S/C13H18O5/c1-4-5-9-8(2)12(13(15)16)10(18-9)6-7-11(14)17-3/h4-7H2,1-3H3,(H,15,16). The van der Waals surface area contributed by atoms with E-state index < -0.39 is 5.97 Å². The lowest BCUT2D eigenvalue weighted by Crippen LogP contribution is -2.05. The highest BCUT2D eigenvalue weighted by molar-refractivity contribution is 5.91. The van der Waals surface area contributed by atoms with Crippen molar-refractivity contribution >= 4 is 11.9 Å². The molecule has 18 heavy (non-hydrogen) atoms. The summed E-state index contributed by atoms with van der Waals surface area (Å²) >= 11 is 0. The molecule has 0 bridgehead atoms. The molecule has 0 aromatic carbocycles. The largest absolute Gasteiger partial charge is 0.478 e. The second-order valence-corrected chi connectivity index (χ2v) is 4.08. The van der Waals surface area contributed by atoms with Gasteiger partial charge in [0, 0.05) is 18.4 Å². The molecular weight excluding hydrogens is 236 g/mol. The van der Waals surface area contributed by atoms with Crippen LogP contribution in [0.3, 0.4) is 0 Å². The number of hydrogen-bond acceptors (Lipinski definition) is 4. The van der Waals surface area contributed by atoms with Crippen molar-refractivity contribution in [2.24, 2.45) is 0 Å². The first-order valence-corrected chi connectivity index (χ1v) is 5.92. The van der Waals surface area contributed by atoms with Crippen LogP contribution in [-0.4, -0.2) is 24.2 Å². The molecule has 5 heteroatoms. The van der Waals surface area contributed by atoms with Crippen LogP contribution in [0.2, 0.25) is 0 Å². The Morgan fingerprint density at radius 2 is 1.94 bits per heavy atom.